The molecule has 2 unspecified atom stereocenters. The van der Waals surface area contributed by atoms with Crippen LogP contribution in [-0.2, 0) is 6.42 Å². The summed E-state index contributed by atoms with van der Waals surface area (Å²) in [5.41, 5.74) is 2.39. The Morgan fingerprint density at radius 3 is 3.11 bits per heavy atom. The van der Waals surface area contributed by atoms with Crippen LogP contribution in [-0.4, -0.2) is 11.5 Å². The van der Waals surface area contributed by atoms with Gasteiger partial charge in [0.1, 0.15) is 10.8 Å². The molecule has 2 aromatic rings. The van der Waals surface area contributed by atoms with Gasteiger partial charge in [-0.3, -0.25) is 0 Å². The molecule has 0 saturated heterocycles. The van der Waals surface area contributed by atoms with E-state index in [2.05, 4.69) is 36.7 Å². The summed E-state index contributed by atoms with van der Waals surface area (Å²) in [6.45, 7) is 5.21. The summed E-state index contributed by atoms with van der Waals surface area (Å²) in [5, 5.41) is 6.60. The summed E-state index contributed by atoms with van der Waals surface area (Å²) in [5.74, 6) is 1.00. The standard InChI is InChI=1S/C15H18N2OS/c1-3-16-10(2)12-9-19-15(17-12)14-8-11-6-4-5-7-13(11)18-14/h4-7,9-10,14,16H,3,8H2,1-2H3. The second kappa shape index (κ2) is 5.31. The predicted molar refractivity (Wildman–Crippen MR) is 77.7 cm³/mol. The molecule has 100 valence electrons. The normalized spacial score (nSPS) is 18.9. The zero-order valence-electron chi connectivity index (χ0n) is 11.2. The smallest absolute Gasteiger partial charge is 0.154 e. The SMILES string of the molecule is CCNC(C)c1csc(C2Cc3ccccc3O2)n1. The lowest BCUT2D eigenvalue weighted by Crippen LogP contribution is -2.18. The third-order valence-corrected chi connectivity index (χ3v) is 4.37. The minimum Gasteiger partial charge on any atom is -0.483 e. The van der Waals surface area contributed by atoms with E-state index in [1.54, 1.807) is 11.3 Å². The highest BCUT2D eigenvalue weighted by atomic mass is 32.1. The van der Waals surface area contributed by atoms with E-state index in [0.29, 0.717) is 6.04 Å². The lowest BCUT2D eigenvalue weighted by molar-refractivity contribution is 0.237. The van der Waals surface area contributed by atoms with Crippen molar-refractivity contribution in [2.24, 2.45) is 0 Å². The summed E-state index contributed by atoms with van der Waals surface area (Å²) in [4.78, 5) is 4.72. The summed E-state index contributed by atoms with van der Waals surface area (Å²) in [6.07, 6.45) is 1.02. The molecule has 0 spiro atoms. The molecule has 2 heterocycles. The number of hydrogen-bond donors (Lipinski definition) is 1. The van der Waals surface area contributed by atoms with Crippen LogP contribution in [0.1, 0.15) is 42.3 Å². The predicted octanol–water partition coefficient (Wildman–Crippen LogP) is 3.49. The third-order valence-electron chi connectivity index (χ3n) is 3.42. The van der Waals surface area contributed by atoms with Crippen molar-refractivity contribution in [2.75, 3.05) is 6.54 Å². The van der Waals surface area contributed by atoms with Gasteiger partial charge in [0, 0.05) is 17.8 Å². The molecule has 1 N–H and O–H groups in total. The van der Waals surface area contributed by atoms with Crippen molar-refractivity contribution in [1.82, 2.24) is 10.3 Å². The molecule has 3 rings (SSSR count). The molecule has 0 aliphatic carbocycles. The summed E-state index contributed by atoms with van der Waals surface area (Å²) in [6, 6.07) is 8.54. The van der Waals surface area contributed by atoms with Gasteiger partial charge in [-0.15, -0.1) is 11.3 Å². The molecule has 4 heteroatoms. The molecule has 1 aliphatic heterocycles. The van der Waals surface area contributed by atoms with Crippen LogP contribution in [0.25, 0.3) is 0 Å². The van der Waals surface area contributed by atoms with E-state index in [9.17, 15) is 0 Å². The Bertz CT molecular complexity index is 542. The topological polar surface area (TPSA) is 34.1 Å². The number of aromatic nitrogens is 1. The van der Waals surface area contributed by atoms with E-state index in [1.165, 1.54) is 5.56 Å². The van der Waals surface area contributed by atoms with Crippen molar-refractivity contribution in [1.29, 1.82) is 0 Å². The van der Waals surface area contributed by atoms with E-state index in [-0.39, 0.29) is 6.10 Å². The number of ether oxygens (including phenoxy) is 1. The van der Waals surface area contributed by atoms with Gasteiger partial charge >= 0.3 is 0 Å². The van der Waals surface area contributed by atoms with Crippen molar-refractivity contribution in [3.05, 3.63) is 45.9 Å². The van der Waals surface area contributed by atoms with E-state index in [1.807, 2.05) is 12.1 Å². The molecule has 1 aromatic heterocycles. The Labute approximate surface area is 117 Å². The highest BCUT2D eigenvalue weighted by Crippen LogP contribution is 2.37. The molecule has 0 amide bonds. The average Bonchev–Trinajstić information content (AvgIpc) is 3.05. The first kappa shape index (κ1) is 12.6. The lowest BCUT2D eigenvalue weighted by atomic mass is 10.1. The van der Waals surface area contributed by atoms with Gasteiger partial charge in [-0.25, -0.2) is 4.98 Å². The maximum absolute atomic E-state index is 5.97. The van der Waals surface area contributed by atoms with Crippen molar-refractivity contribution < 1.29 is 4.74 Å². The Morgan fingerprint density at radius 2 is 2.32 bits per heavy atom. The van der Waals surface area contributed by atoms with Crippen LogP contribution in [0.15, 0.2) is 29.6 Å². The average molecular weight is 274 g/mol. The molecule has 1 aromatic carbocycles. The molecular formula is C15H18N2OS. The van der Waals surface area contributed by atoms with Gasteiger partial charge < -0.3 is 10.1 Å². The number of para-hydroxylation sites is 1. The van der Waals surface area contributed by atoms with Gasteiger partial charge in [0.05, 0.1) is 5.69 Å². The fraction of sp³-hybridized carbons (Fsp3) is 0.400. The van der Waals surface area contributed by atoms with Crippen LogP contribution in [0.4, 0.5) is 0 Å². The molecule has 0 radical (unpaired) electrons. The highest BCUT2D eigenvalue weighted by Gasteiger charge is 2.26. The molecule has 3 nitrogen and oxygen atoms in total. The monoisotopic (exact) mass is 274 g/mol. The van der Waals surface area contributed by atoms with Gasteiger partial charge in [0.15, 0.2) is 6.10 Å². The number of fused-ring (bicyclic) bond motifs is 1. The van der Waals surface area contributed by atoms with Gasteiger partial charge in [0.2, 0.25) is 0 Å². The number of hydrogen-bond acceptors (Lipinski definition) is 4. The molecular weight excluding hydrogens is 256 g/mol. The molecule has 1 aliphatic rings. The molecule has 0 saturated carbocycles. The van der Waals surface area contributed by atoms with Gasteiger partial charge in [-0.2, -0.15) is 0 Å². The van der Waals surface area contributed by atoms with E-state index in [0.717, 1.165) is 29.4 Å². The number of nitrogens with zero attached hydrogens (tertiary/aromatic N) is 1. The Kier molecular flexibility index (Phi) is 3.53. The van der Waals surface area contributed by atoms with Crippen LogP contribution in [0.5, 0.6) is 5.75 Å². The molecule has 19 heavy (non-hydrogen) atoms. The maximum atomic E-state index is 5.97. The fourth-order valence-corrected chi connectivity index (χ4v) is 3.32. The summed E-state index contributed by atoms with van der Waals surface area (Å²) in [7, 11) is 0. The Morgan fingerprint density at radius 1 is 1.47 bits per heavy atom. The third kappa shape index (κ3) is 2.51. The highest BCUT2D eigenvalue weighted by molar-refractivity contribution is 7.09. The van der Waals surface area contributed by atoms with Crippen molar-refractivity contribution in [2.45, 2.75) is 32.4 Å². The first-order valence-electron chi connectivity index (χ1n) is 6.71. The lowest BCUT2D eigenvalue weighted by Gasteiger charge is -2.09. The first-order chi connectivity index (χ1) is 9.28. The van der Waals surface area contributed by atoms with Crippen LogP contribution >= 0.6 is 11.3 Å². The molecule has 0 bridgehead atoms. The molecule has 2 atom stereocenters. The van der Waals surface area contributed by atoms with Crippen molar-refractivity contribution in [3.8, 4) is 5.75 Å². The summed E-state index contributed by atoms with van der Waals surface area (Å²) < 4.78 is 5.97. The van der Waals surface area contributed by atoms with Crippen LogP contribution in [0.2, 0.25) is 0 Å². The largest absolute Gasteiger partial charge is 0.483 e. The van der Waals surface area contributed by atoms with Crippen LogP contribution < -0.4 is 10.1 Å². The van der Waals surface area contributed by atoms with Gasteiger partial charge in [-0.1, -0.05) is 25.1 Å². The van der Waals surface area contributed by atoms with E-state index >= 15 is 0 Å². The zero-order chi connectivity index (χ0) is 13.2. The number of nitrogens with one attached hydrogen (secondary N) is 1. The Hall–Kier alpha value is -1.39. The quantitative estimate of drug-likeness (QED) is 0.926. The van der Waals surface area contributed by atoms with Crippen molar-refractivity contribution >= 4 is 11.3 Å². The van der Waals surface area contributed by atoms with Crippen molar-refractivity contribution in [3.63, 3.8) is 0 Å². The fourth-order valence-electron chi connectivity index (χ4n) is 2.38. The van der Waals surface area contributed by atoms with Crippen LogP contribution in [0.3, 0.4) is 0 Å². The minimum atomic E-state index is 0.0879. The summed E-state index contributed by atoms with van der Waals surface area (Å²) >= 11 is 1.70. The zero-order valence-corrected chi connectivity index (χ0v) is 12.0. The van der Waals surface area contributed by atoms with Gasteiger partial charge in [0.25, 0.3) is 0 Å². The van der Waals surface area contributed by atoms with Crippen LogP contribution in [0, 0.1) is 0 Å². The second-order valence-electron chi connectivity index (χ2n) is 4.81. The molecule has 0 fully saturated rings. The Balaban J connectivity index is 1.75. The first-order valence-corrected chi connectivity index (χ1v) is 7.59. The van der Waals surface area contributed by atoms with E-state index in [4.69, 9.17) is 9.72 Å². The van der Waals surface area contributed by atoms with Gasteiger partial charge in [-0.05, 0) is 25.1 Å². The minimum absolute atomic E-state index is 0.0879. The number of benzene rings is 1. The number of thiazole rings is 1. The van der Waals surface area contributed by atoms with E-state index < -0.39 is 0 Å². The number of rotatable bonds is 4. The maximum Gasteiger partial charge on any atom is 0.154 e. The second-order valence-corrected chi connectivity index (χ2v) is 5.70.